The van der Waals surface area contributed by atoms with Crippen LogP contribution in [0.15, 0.2) is 49.6 Å². The number of nitrogens with zero attached hydrogens (tertiary/aromatic N) is 1. The largest absolute Gasteiger partial charge is 1.00 e. The van der Waals surface area contributed by atoms with Crippen LogP contribution in [0.4, 0.5) is 5.69 Å². The smallest absolute Gasteiger partial charge is 0.417 e. The molecule has 1 aromatic carbocycles. The Hall–Kier alpha value is -0.903. The summed E-state index contributed by atoms with van der Waals surface area (Å²) < 4.78 is 0. The molecule has 0 amide bonds. The van der Waals surface area contributed by atoms with E-state index in [1.165, 1.54) is 0 Å². The second-order valence-electron chi connectivity index (χ2n) is 2.74. The SMILES string of the molecule is C=CCN(CC=C)c1c[c-]ccc1.[Li+]. The molecule has 1 aromatic rings. The van der Waals surface area contributed by atoms with Gasteiger partial charge < -0.3 is 4.90 Å². The third-order valence-corrected chi connectivity index (χ3v) is 1.75. The first-order valence-electron chi connectivity index (χ1n) is 4.31. The summed E-state index contributed by atoms with van der Waals surface area (Å²) in [4.78, 5) is 2.18. The van der Waals surface area contributed by atoms with Crippen LogP contribution < -0.4 is 23.8 Å². The summed E-state index contributed by atoms with van der Waals surface area (Å²) in [6.45, 7) is 9.12. The monoisotopic (exact) mass is 179 g/mol. The Morgan fingerprint density at radius 3 is 2.36 bits per heavy atom. The van der Waals surface area contributed by atoms with Gasteiger partial charge in [-0.15, -0.1) is 19.2 Å². The summed E-state index contributed by atoms with van der Waals surface area (Å²) in [6, 6.07) is 10.9. The van der Waals surface area contributed by atoms with Crippen molar-refractivity contribution < 1.29 is 18.9 Å². The molecule has 0 saturated carbocycles. The van der Waals surface area contributed by atoms with Crippen molar-refractivity contribution in [3.63, 3.8) is 0 Å². The average molecular weight is 179 g/mol. The fraction of sp³-hybridized carbons (Fsp3) is 0.167. The van der Waals surface area contributed by atoms with Gasteiger partial charge in [0.15, 0.2) is 0 Å². The molecule has 14 heavy (non-hydrogen) atoms. The van der Waals surface area contributed by atoms with Crippen molar-refractivity contribution in [1.82, 2.24) is 0 Å². The Bertz CT molecular complexity index is 259. The summed E-state index contributed by atoms with van der Waals surface area (Å²) in [5.74, 6) is 0. The first kappa shape index (κ1) is 13.1. The third-order valence-electron chi connectivity index (χ3n) is 1.75. The van der Waals surface area contributed by atoms with E-state index in [0.29, 0.717) is 0 Å². The quantitative estimate of drug-likeness (QED) is 0.340. The normalized spacial score (nSPS) is 8.57. The average Bonchev–Trinajstić information content (AvgIpc) is 2.19. The number of benzene rings is 1. The van der Waals surface area contributed by atoms with Crippen LogP contribution in [0.1, 0.15) is 0 Å². The van der Waals surface area contributed by atoms with Gasteiger partial charge in [-0.2, -0.15) is 24.3 Å². The van der Waals surface area contributed by atoms with Gasteiger partial charge in [0.05, 0.1) is 0 Å². The molecule has 68 valence electrons. The van der Waals surface area contributed by atoms with Crippen molar-refractivity contribution >= 4 is 5.69 Å². The zero-order chi connectivity index (χ0) is 9.52. The van der Waals surface area contributed by atoms with Gasteiger partial charge >= 0.3 is 18.9 Å². The molecule has 0 radical (unpaired) electrons. The van der Waals surface area contributed by atoms with Crippen LogP contribution in [-0.2, 0) is 0 Å². The Labute approximate surface area is 98.3 Å². The summed E-state index contributed by atoms with van der Waals surface area (Å²) in [7, 11) is 0. The van der Waals surface area contributed by atoms with Crippen molar-refractivity contribution in [3.8, 4) is 0 Å². The minimum Gasteiger partial charge on any atom is -0.417 e. The Balaban J connectivity index is 0.00000169. The molecule has 0 saturated heterocycles. The molecular formula is C12H14LiN. The molecule has 0 atom stereocenters. The first-order valence-corrected chi connectivity index (χ1v) is 4.31. The van der Waals surface area contributed by atoms with Crippen molar-refractivity contribution in [3.05, 3.63) is 55.6 Å². The van der Waals surface area contributed by atoms with Crippen molar-refractivity contribution in [2.24, 2.45) is 0 Å². The first-order chi connectivity index (χ1) is 6.38. The van der Waals surface area contributed by atoms with Crippen molar-refractivity contribution in [1.29, 1.82) is 0 Å². The molecular weight excluding hydrogens is 165 g/mol. The van der Waals surface area contributed by atoms with Gasteiger partial charge in [0.1, 0.15) is 0 Å². The summed E-state index contributed by atoms with van der Waals surface area (Å²) in [5, 5.41) is 0. The second kappa shape index (κ2) is 7.50. The minimum absolute atomic E-state index is 0. The van der Waals surface area contributed by atoms with E-state index < -0.39 is 0 Å². The fourth-order valence-corrected chi connectivity index (χ4v) is 1.18. The molecule has 0 unspecified atom stereocenters. The van der Waals surface area contributed by atoms with Crippen LogP contribution in [0.25, 0.3) is 0 Å². The number of hydrogen-bond donors (Lipinski definition) is 0. The molecule has 0 bridgehead atoms. The molecule has 1 nitrogen and oxygen atoms in total. The van der Waals surface area contributed by atoms with E-state index in [4.69, 9.17) is 0 Å². The van der Waals surface area contributed by atoms with Crippen LogP contribution in [0.5, 0.6) is 0 Å². The van der Waals surface area contributed by atoms with Gasteiger partial charge in [-0.3, -0.25) is 0 Å². The van der Waals surface area contributed by atoms with Gasteiger partial charge in [-0.05, 0) is 0 Å². The standard InChI is InChI=1S/C12H14N.Li/c1-3-10-13(11-4-2)12-8-6-5-7-9-12;/h3-6,8-9H,1-2,10-11H2;/q-1;+1. The van der Waals surface area contributed by atoms with E-state index >= 15 is 0 Å². The van der Waals surface area contributed by atoms with E-state index in [9.17, 15) is 0 Å². The third kappa shape index (κ3) is 3.87. The van der Waals surface area contributed by atoms with Gasteiger partial charge in [0, 0.05) is 13.1 Å². The molecule has 0 N–H and O–H groups in total. The molecule has 0 aromatic heterocycles. The van der Waals surface area contributed by atoms with Crippen LogP contribution in [0.2, 0.25) is 0 Å². The minimum atomic E-state index is 0. The van der Waals surface area contributed by atoms with Crippen LogP contribution in [0.3, 0.4) is 0 Å². The molecule has 0 heterocycles. The van der Waals surface area contributed by atoms with Gasteiger partial charge in [0.2, 0.25) is 0 Å². The molecule has 0 aliphatic carbocycles. The Morgan fingerprint density at radius 2 is 1.93 bits per heavy atom. The maximum Gasteiger partial charge on any atom is 1.00 e. The zero-order valence-corrected chi connectivity index (χ0v) is 8.74. The maximum atomic E-state index is 3.72. The molecule has 1 rings (SSSR count). The predicted molar refractivity (Wildman–Crippen MR) is 57.9 cm³/mol. The summed E-state index contributed by atoms with van der Waals surface area (Å²) in [6.07, 6.45) is 3.77. The Morgan fingerprint density at radius 1 is 1.29 bits per heavy atom. The maximum absolute atomic E-state index is 3.72. The van der Waals surface area contributed by atoms with Crippen LogP contribution in [0, 0.1) is 6.07 Å². The molecule has 0 spiro atoms. The van der Waals surface area contributed by atoms with E-state index in [2.05, 4.69) is 30.2 Å². The van der Waals surface area contributed by atoms with E-state index in [-0.39, 0.29) is 18.9 Å². The topological polar surface area (TPSA) is 3.24 Å². The van der Waals surface area contributed by atoms with Crippen LogP contribution in [-0.4, -0.2) is 13.1 Å². The van der Waals surface area contributed by atoms with Gasteiger partial charge in [-0.1, -0.05) is 17.8 Å². The van der Waals surface area contributed by atoms with E-state index in [1.807, 2.05) is 30.4 Å². The summed E-state index contributed by atoms with van der Waals surface area (Å²) in [5.41, 5.74) is 1.15. The number of hydrogen-bond acceptors (Lipinski definition) is 1. The Kier molecular flexibility index (Phi) is 7.01. The van der Waals surface area contributed by atoms with Crippen LogP contribution >= 0.6 is 0 Å². The predicted octanol–water partition coefficient (Wildman–Crippen LogP) is -0.331. The number of anilines is 1. The van der Waals surface area contributed by atoms with Gasteiger partial charge in [0.25, 0.3) is 0 Å². The zero-order valence-electron chi connectivity index (χ0n) is 8.74. The van der Waals surface area contributed by atoms with E-state index in [1.54, 1.807) is 0 Å². The molecule has 0 aliphatic heterocycles. The number of rotatable bonds is 5. The van der Waals surface area contributed by atoms with Crippen molar-refractivity contribution in [2.75, 3.05) is 18.0 Å². The van der Waals surface area contributed by atoms with Crippen molar-refractivity contribution in [2.45, 2.75) is 0 Å². The molecule has 2 heteroatoms. The van der Waals surface area contributed by atoms with Gasteiger partial charge in [-0.25, -0.2) is 0 Å². The molecule has 0 aliphatic rings. The molecule has 0 fully saturated rings. The van der Waals surface area contributed by atoms with E-state index in [0.717, 1.165) is 18.8 Å². The summed E-state index contributed by atoms with van der Waals surface area (Å²) >= 11 is 0. The second-order valence-corrected chi connectivity index (χ2v) is 2.74. The fourth-order valence-electron chi connectivity index (χ4n) is 1.18.